The monoisotopic (exact) mass is 255 g/mol. The van der Waals surface area contributed by atoms with Gasteiger partial charge in [-0.15, -0.1) is 0 Å². The third-order valence-corrected chi connectivity index (χ3v) is 4.77. The molecule has 0 aliphatic carbocycles. The molecule has 1 fully saturated rings. The molecule has 2 heterocycles. The summed E-state index contributed by atoms with van der Waals surface area (Å²) in [7, 11) is -0.962. The van der Waals surface area contributed by atoms with Crippen LogP contribution in [0.5, 0.6) is 0 Å². The van der Waals surface area contributed by atoms with E-state index in [1.807, 2.05) is 19.2 Å². The minimum atomic E-state index is -2.78. The maximum atomic E-state index is 11.3. The van der Waals surface area contributed by atoms with E-state index in [0.717, 1.165) is 17.9 Å². The van der Waals surface area contributed by atoms with Crippen LogP contribution in [-0.4, -0.2) is 38.5 Å². The molecule has 1 aliphatic rings. The smallest absolute Gasteiger partial charge is 0.150 e. The molecule has 1 aromatic heterocycles. The first-order chi connectivity index (χ1) is 8.09. The van der Waals surface area contributed by atoms with E-state index >= 15 is 0 Å². The average molecular weight is 255 g/mol. The molecule has 1 atom stereocenters. The Morgan fingerprint density at radius 2 is 2.35 bits per heavy atom. The minimum absolute atomic E-state index is 0.228. The molecule has 1 aliphatic heterocycles. The van der Waals surface area contributed by atoms with E-state index in [1.165, 1.54) is 0 Å². The molecule has 2 rings (SSSR count). The Bertz CT molecular complexity index is 487. The molecule has 1 unspecified atom stereocenters. The molecule has 0 spiro atoms. The molecule has 1 aromatic rings. The molecule has 0 saturated carbocycles. The van der Waals surface area contributed by atoms with Crippen molar-refractivity contribution in [2.45, 2.75) is 6.42 Å². The van der Waals surface area contributed by atoms with Crippen LogP contribution in [0.2, 0.25) is 0 Å². The van der Waals surface area contributed by atoms with Crippen molar-refractivity contribution in [3.05, 3.63) is 18.3 Å². The van der Waals surface area contributed by atoms with Gasteiger partial charge in [0.2, 0.25) is 0 Å². The molecular formula is C11H17N3O2S. The molecule has 0 aromatic carbocycles. The summed E-state index contributed by atoms with van der Waals surface area (Å²) >= 11 is 0. The van der Waals surface area contributed by atoms with Gasteiger partial charge >= 0.3 is 0 Å². The highest BCUT2D eigenvalue weighted by atomic mass is 32.2. The fourth-order valence-corrected chi connectivity index (χ4v) is 3.83. The first kappa shape index (κ1) is 12.2. The minimum Gasteiger partial charge on any atom is -0.385 e. The van der Waals surface area contributed by atoms with Crippen LogP contribution in [0.25, 0.3) is 0 Å². The molecule has 0 radical (unpaired) electrons. The topological polar surface area (TPSA) is 71.1 Å². The first-order valence-electron chi connectivity index (χ1n) is 5.67. The van der Waals surface area contributed by atoms with Gasteiger partial charge in [0.25, 0.3) is 0 Å². The van der Waals surface area contributed by atoms with Gasteiger partial charge in [0.15, 0.2) is 9.84 Å². The predicted octanol–water partition coefficient (Wildman–Crippen LogP) is 0.970. The standard InChI is InChI=1S/C11H17N3O2S/c1-12-11-6-10(2-4-13-11)14-7-9-3-5-17(15,16)8-9/h2,4,6,9H,3,5,7-8H2,1H3,(H2,12,13,14). The van der Waals surface area contributed by atoms with E-state index in [4.69, 9.17) is 0 Å². The number of hydrogen-bond donors (Lipinski definition) is 2. The number of nitrogens with one attached hydrogen (secondary N) is 2. The number of nitrogens with zero attached hydrogens (tertiary/aromatic N) is 1. The van der Waals surface area contributed by atoms with E-state index in [0.29, 0.717) is 18.1 Å². The molecule has 17 heavy (non-hydrogen) atoms. The van der Waals surface area contributed by atoms with Crippen LogP contribution in [0.4, 0.5) is 11.5 Å². The fraction of sp³-hybridized carbons (Fsp3) is 0.545. The van der Waals surface area contributed by atoms with Crippen LogP contribution in [-0.2, 0) is 9.84 Å². The lowest BCUT2D eigenvalue weighted by atomic mass is 10.1. The fourth-order valence-electron chi connectivity index (χ4n) is 1.97. The van der Waals surface area contributed by atoms with Gasteiger partial charge in [0.1, 0.15) is 5.82 Å². The van der Waals surface area contributed by atoms with Gasteiger partial charge in [-0.05, 0) is 18.4 Å². The summed E-state index contributed by atoms with van der Waals surface area (Å²) in [6.45, 7) is 0.701. The molecule has 0 bridgehead atoms. The normalized spacial score (nSPS) is 22.3. The summed E-state index contributed by atoms with van der Waals surface area (Å²) in [5.74, 6) is 1.67. The van der Waals surface area contributed by atoms with E-state index in [1.54, 1.807) is 6.20 Å². The number of rotatable bonds is 4. The van der Waals surface area contributed by atoms with Crippen molar-refractivity contribution in [3.8, 4) is 0 Å². The Labute approximate surface area is 102 Å². The second-order valence-corrected chi connectivity index (χ2v) is 6.56. The maximum Gasteiger partial charge on any atom is 0.150 e. The maximum absolute atomic E-state index is 11.3. The summed E-state index contributed by atoms with van der Waals surface area (Å²) in [4.78, 5) is 4.11. The molecule has 1 saturated heterocycles. The molecule has 5 nitrogen and oxygen atoms in total. The van der Waals surface area contributed by atoms with E-state index in [-0.39, 0.29) is 5.92 Å². The molecule has 0 amide bonds. The number of aromatic nitrogens is 1. The number of sulfone groups is 1. The quantitative estimate of drug-likeness (QED) is 0.839. The summed E-state index contributed by atoms with van der Waals surface area (Å²) in [6, 6.07) is 3.79. The van der Waals surface area contributed by atoms with Gasteiger partial charge in [-0.1, -0.05) is 0 Å². The Morgan fingerprint density at radius 1 is 1.53 bits per heavy atom. The zero-order chi connectivity index (χ0) is 12.3. The van der Waals surface area contributed by atoms with E-state index in [2.05, 4.69) is 15.6 Å². The Balaban J connectivity index is 1.90. The Morgan fingerprint density at radius 3 is 3.00 bits per heavy atom. The Kier molecular flexibility index (Phi) is 3.51. The third kappa shape index (κ3) is 3.33. The van der Waals surface area contributed by atoms with Crippen molar-refractivity contribution in [2.24, 2.45) is 5.92 Å². The summed E-state index contributed by atoms with van der Waals surface area (Å²) < 4.78 is 22.6. The molecule has 2 N–H and O–H groups in total. The summed E-state index contributed by atoms with van der Waals surface area (Å²) in [6.07, 6.45) is 2.48. The third-order valence-electron chi connectivity index (χ3n) is 2.94. The van der Waals surface area contributed by atoms with Gasteiger partial charge in [-0.2, -0.15) is 0 Å². The second kappa shape index (κ2) is 4.91. The highest BCUT2D eigenvalue weighted by Crippen LogP contribution is 2.19. The van der Waals surface area contributed by atoms with Crippen molar-refractivity contribution in [1.82, 2.24) is 4.98 Å². The second-order valence-electron chi connectivity index (χ2n) is 4.33. The molecule has 94 valence electrons. The lowest BCUT2D eigenvalue weighted by Crippen LogP contribution is -2.15. The van der Waals surface area contributed by atoms with Crippen molar-refractivity contribution >= 4 is 21.3 Å². The van der Waals surface area contributed by atoms with Crippen molar-refractivity contribution in [2.75, 3.05) is 35.7 Å². The van der Waals surface area contributed by atoms with E-state index < -0.39 is 9.84 Å². The average Bonchev–Trinajstić information content (AvgIpc) is 2.67. The van der Waals surface area contributed by atoms with Gasteiger partial charge < -0.3 is 10.6 Å². The zero-order valence-corrected chi connectivity index (χ0v) is 10.6. The van der Waals surface area contributed by atoms with Crippen LogP contribution in [0, 0.1) is 5.92 Å². The van der Waals surface area contributed by atoms with Crippen molar-refractivity contribution in [3.63, 3.8) is 0 Å². The zero-order valence-electron chi connectivity index (χ0n) is 9.81. The van der Waals surface area contributed by atoms with Crippen molar-refractivity contribution in [1.29, 1.82) is 0 Å². The van der Waals surface area contributed by atoms with Crippen molar-refractivity contribution < 1.29 is 8.42 Å². The highest BCUT2D eigenvalue weighted by molar-refractivity contribution is 7.91. The molecular weight excluding hydrogens is 238 g/mol. The van der Waals surface area contributed by atoms with Gasteiger partial charge in [-0.3, -0.25) is 0 Å². The number of pyridine rings is 1. The van der Waals surface area contributed by atoms with Crippen LogP contribution >= 0.6 is 0 Å². The number of hydrogen-bond acceptors (Lipinski definition) is 5. The Hall–Kier alpha value is -1.30. The highest BCUT2D eigenvalue weighted by Gasteiger charge is 2.27. The van der Waals surface area contributed by atoms with Gasteiger partial charge in [0.05, 0.1) is 11.5 Å². The van der Waals surface area contributed by atoms with Crippen LogP contribution in [0.3, 0.4) is 0 Å². The van der Waals surface area contributed by atoms with Gasteiger partial charge in [-0.25, -0.2) is 13.4 Å². The summed E-state index contributed by atoms with van der Waals surface area (Å²) in [5, 5.41) is 6.22. The predicted molar refractivity (Wildman–Crippen MR) is 69.0 cm³/mol. The van der Waals surface area contributed by atoms with Gasteiger partial charge in [0, 0.05) is 31.5 Å². The lowest BCUT2D eigenvalue weighted by molar-refractivity contribution is 0.596. The largest absolute Gasteiger partial charge is 0.385 e. The number of anilines is 2. The first-order valence-corrected chi connectivity index (χ1v) is 7.49. The lowest BCUT2D eigenvalue weighted by Gasteiger charge is -2.11. The van der Waals surface area contributed by atoms with Crippen LogP contribution in [0.15, 0.2) is 18.3 Å². The van der Waals surface area contributed by atoms with E-state index in [9.17, 15) is 8.42 Å². The van der Waals surface area contributed by atoms with Crippen LogP contribution in [0.1, 0.15) is 6.42 Å². The molecule has 6 heteroatoms. The summed E-state index contributed by atoms with van der Waals surface area (Å²) in [5.41, 5.74) is 0.966. The SMILES string of the molecule is CNc1cc(NCC2CCS(=O)(=O)C2)ccn1. The van der Waals surface area contributed by atoms with Crippen LogP contribution < -0.4 is 10.6 Å².